The van der Waals surface area contributed by atoms with Crippen molar-refractivity contribution in [2.45, 2.75) is 26.3 Å². The molecule has 0 radical (unpaired) electrons. The number of H-pyrrole nitrogens is 1. The number of hydrogen-bond acceptors (Lipinski definition) is 3. The van der Waals surface area contributed by atoms with E-state index in [0.717, 1.165) is 5.56 Å². The normalized spacial score (nSPS) is 24.2. The Morgan fingerprint density at radius 2 is 2.37 bits per heavy atom. The van der Waals surface area contributed by atoms with Crippen LogP contribution in [0.5, 0.6) is 0 Å². The van der Waals surface area contributed by atoms with Gasteiger partial charge in [0.1, 0.15) is 0 Å². The van der Waals surface area contributed by atoms with Crippen molar-refractivity contribution in [1.82, 2.24) is 20.4 Å². The standard InChI is InChI=1S/C12H18N4O3/c1-8(9-5-13-14-6-9)15-11(19)16-4-3-12(2,7-16)10(17)18/h5-6,8H,3-4,7H2,1-2H3,(H,13,14)(H,15,19)(H,17,18). The first-order valence-electron chi connectivity index (χ1n) is 6.20. The highest BCUT2D eigenvalue weighted by atomic mass is 16.4. The maximum atomic E-state index is 12.1. The van der Waals surface area contributed by atoms with Crippen LogP contribution in [0.1, 0.15) is 31.9 Å². The molecule has 19 heavy (non-hydrogen) atoms. The number of hydrogen-bond donors (Lipinski definition) is 3. The van der Waals surface area contributed by atoms with Gasteiger partial charge in [-0.25, -0.2) is 4.79 Å². The zero-order valence-corrected chi connectivity index (χ0v) is 11.0. The molecule has 2 unspecified atom stereocenters. The van der Waals surface area contributed by atoms with Gasteiger partial charge in [-0.1, -0.05) is 0 Å². The Morgan fingerprint density at radius 1 is 1.63 bits per heavy atom. The Labute approximate surface area is 111 Å². The largest absolute Gasteiger partial charge is 0.481 e. The minimum atomic E-state index is -0.856. The lowest BCUT2D eigenvalue weighted by Crippen LogP contribution is -2.41. The van der Waals surface area contributed by atoms with Crippen LogP contribution >= 0.6 is 0 Å². The second kappa shape index (κ2) is 4.91. The monoisotopic (exact) mass is 266 g/mol. The van der Waals surface area contributed by atoms with Gasteiger partial charge in [-0.05, 0) is 20.3 Å². The Balaban J connectivity index is 1.93. The molecular formula is C12H18N4O3. The van der Waals surface area contributed by atoms with Gasteiger partial charge >= 0.3 is 12.0 Å². The van der Waals surface area contributed by atoms with Crippen LogP contribution in [0.25, 0.3) is 0 Å². The van der Waals surface area contributed by atoms with Crippen LogP contribution < -0.4 is 5.32 Å². The number of carbonyl (C=O) groups excluding carboxylic acids is 1. The molecule has 1 saturated heterocycles. The van der Waals surface area contributed by atoms with Crippen molar-refractivity contribution >= 4 is 12.0 Å². The van der Waals surface area contributed by atoms with Crippen LogP contribution in [0.2, 0.25) is 0 Å². The van der Waals surface area contributed by atoms with Crippen molar-refractivity contribution in [3.63, 3.8) is 0 Å². The molecular weight excluding hydrogens is 248 g/mol. The maximum Gasteiger partial charge on any atom is 0.317 e. The average molecular weight is 266 g/mol. The lowest BCUT2D eigenvalue weighted by atomic mass is 9.90. The van der Waals surface area contributed by atoms with Crippen molar-refractivity contribution in [2.24, 2.45) is 5.41 Å². The Morgan fingerprint density at radius 3 is 2.89 bits per heavy atom. The molecule has 0 aromatic carbocycles. The van der Waals surface area contributed by atoms with Gasteiger partial charge in [0.15, 0.2) is 0 Å². The number of amides is 2. The number of aromatic nitrogens is 2. The van der Waals surface area contributed by atoms with E-state index in [0.29, 0.717) is 13.0 Å². The van der Waals surface area contributed by atoms with Crippen LogP contribution in [0, 0.1) is 5.41 Å². The van der Waals surface area contributed by atoms with E-state index < -0.39 is 11.4 Å². The van der Waals surface area contributed by atoms with Crippen LogP contribution in [0.3, 0.4) is 0 Å². The van der Waals surface area contributed by atoms with Crippen LogP contribution in [-0.2, 0) is 4.79 Å². The predicted molar refractivity (Wildman–Crippen MR) is 67.5 cm³/mol. The number of rotatable bonds is 3. The van der Waals surface area contributed by atoms with E-state index in [4.69, 9.17) is 5.11 Å². The fraction of sp³-hybridized carbons (Fsp3) is 0.583. The first kappa shape index (κ1) is 13.4. The molecule has 0 saturated carbocycles. The average Bonchev–Trinajstić information content (AvgIpc) is 2.98. The van der Waals surface area contributed by atoms with Gasteiger partial charge in [0.2, 0.25) is 0 Å². The van der Waals surface area contributed by atoms with Gasteiger partial charge in [0, 0.05) is 24.8 Å². The molecule has 3 N–H and O–H groups in total. The molecule has 2 heterocycles. The number of nitrogens with zero attached hydrogens (tertiary/aromatic N) is 2. The fourth-order valence-electron chi connectivity index (χ4n) is 2.17. The fourth-order valence-corrected chi connectivity index (χ4v) is 2.17. The van der Waals surface area contributed by atoms with E-state index in [1.807, 2.05) is 6.92 Å². The summed E-state index contributed by atoms with van der Waals surface area (Å²) in [5, 5.41) is 18.5. The summed E-state index contributed by atoms with van der Waals surface area (Å²) in [6.07, 6.45) is 3.85. The van der Waals surface area contributed by atoms with Crippen LogP contribution in [-0.4, -0.2) is 45.3 Å². The van der Waals surface area contributed by atoms with Gasteiger partial charge in [-0.2, -0.15) is 5.10 Å². The summed E-state index contributed by atoms with van der Waals surface area (Å²) in [4.78, 5) is 24.7. The number of carbonyl (C=O) groups is 2. The summed E-state index contributed by atoms with van der Waals surface area (Å²) in [5.41, 5.74) is 0.0458. The van der Waals surface area contributed by atoms with E-state index in [-0.39, 0.29) is 18.6 Å². The molecule has 0 aliphatic carbocycles. The number of carboxylic acids is 1. The molecule has 1 aromatic rings. The van der Waals surface area contributed by atoms with Crippen molar-refractivity contribution in [3.05, 3.63) is 18.0 Å². The smallest absolute Gasteiger partial charge is 0.317 e. The summed E-state index contributed by atoms with van der Waals surface area (Å²) >= 11 is 0. The number of urea groups is 1. The van der Waals surface area contributed by atoms with E-state index >= 15 is 0 Å². The molecule has 2 amide bonds. The zero-order chi connectivity index (χ0) is 14.0. The molecule has 1 aliphatic heterocycles. The summed E-state index contributed by atoms with van der Waals surface area (Å²) in [6, 6.07) is -0.401. The quantitative estimate of drug-likeness (QED) is 0.759. The van der Waals surface area contributed by atoms with E-state index in [1.165, 1.54) is 0 Å². The van der Waals surface area contributed by atoms with Gasteiger partial charge in [-0.3, -0.25) is 9.89 Å². The first-order chi connectivity index (χ1) is 8.92. The number of carboxylic acid groups (broad SMARTS) is 1. The molecule has 1 aliphatic rings. The summed E-state index contributed by atoms with van der Waals surface area (Å²) < 4.78 is 0. The van der Waals surface area contributed by atoms with E-state index in [2.05, 4.69) is 15.5 Å². The topological polar surface area (TPSA) is 98.3 Å². The molecule has 7 nitrogen and oxygen atoms in total. The molecule has 0 spiro atoms. The van der Waals surface area contributed by atoms with E-state index in [1.54, 1.807) is 24.2 Å². The maximum absolute atomic E-state index is 12.1. The molecule has 1 aromatic heterocycles. The molecule has 2 atom stereocenters. The highest BCUT2D eigenvalue weighted by molar-refractivity contribution is 5.79. The number of aliphatic carboxylic acids is 1. The van der Waals surface area contributed by atoms with Gasteiger partial charge < -0.3 is 15.3 Å². The summed E-state index contributed by atoms with van der Waals surface area (Å²) in [5.74, 6) is -0.856. The van der Waals surface area contributed by atoms with E-state index in [9.17, 15) is 9.59 Å². The number of likely N-dealkylation sites (tertiary alicyclic amines) is 1. The lowest BCUT2D eigenvalue weighted by Gasteiger charge is -2.22. The first-order valence-corrected chi connectivity index (χ1v) is 6.20. The SMILES string of the molecule is CC(NC(=O)N1CCC(C)(C(=O)O)C1)c1cn[nH]c1. The molecule has 2 rings (SSSR count). The Bertz CT molecular complexity index is 473. The van der Waals surface area contributed by atoms with Gasteiger partial charge in [0.25, 0.3) is 0 Å². The van der Waals surface area contributed by atoms with Crippen molar-refractivity contribution < 1.29 is 14.7 Å². The highest BCUT2D eigenvalue weighted by Gasteiger charge is 2.42. The predicted octanol–water partition coefficient (Wildman–Crippen LogP) is 0.977. The Kier molecular flexibility index (Phi) is 3.46. The van der Waals surface area contributed by atoms with Gasteiger partial charge in [0.05, 0.1) is 17.7 Å². The number of aromatic amines is 1. The minimum Gasteiger partial charge on any atom is -0.481 e. The summed E-state index contributed by atoms with van der Waals surface area (Å²) in [7, 11) is 0. The van der Waals surface area contributed by atoms with Crippen LogP contribution in [0.4, 0.5) is 4.79 Å². The van der Waals surface area contributed by atoms with Crippen molar-refractivity contribution in [2.75, 3.05) is 13.1 Å². The van der Waals surface area contributed by atoms with Crippen molar-refractivity contribution in [3.8, 4) is 0 Å². The molecule has 0 bridgehead atoms. The zero-order valence-electron chi connectivity index (χ0n) is 11.0. The lowest BCUT2D eigenvalue weighted by molar-refractivity contribution is -0.146. The molecule has 7 heteroatoms. The summed E-state index contributed by atoms with van der Waals surface area (Å²) in [6.45, 7) is 4.23. The third-order valence-corrected chi connectivity index (χ3v) is 3.64. The number of nitrogens with one attached hydrogen (secondary N) is 2. The Hall–Kier alpha value is -2.05. The second-order valence-electron chi connectivity index (χ2n) is 5.24. The molecule has 104 valence electrons. The molecule has 1 fully saturated rings. The van der Waals surface area contributed by atoms with Gasteiger partial charge in [-0.15, -0.1) is 0 Å². The highest BCUT2D eigenvalue weighted by Crippen LogP contribution is 2.30. The third kappa shape index (κ3) is 2.69. The minimum absolute atomic E-state index is 0.164. The third-order valence-electron chi connectivity index (χ3n) is 3.64. The second-order valence-corrected chi connectivity index (χ2v) is 5.24. The van der Waals surface area contributed by atoms with Crippen LogP contribution in [0.15, 0.2) is 12.4 Å². The van der Waals surface area contributed by atoms with Crippen molar-refractivity contribution in [1.29, 1.82) is 0 Å².